The Kier molecular flexibility index (Phi) is 5.67. The minimum atomic E-state index is -1.12. The predicted octanol–water partition coefficient (Wildman–Crippen LogP) is 0.177. The van der Waals surface area contributed by atoms with Crippen LogP contribution in [0.1, 0.15) is 23.7 Å². The number of carbonyl (C=O) groups excluding carboxylic acids is 2. The number of nitrogens with two attached hydrogens (primary N) is 1. The normalized spacial score (nSPS) is 11.5. The van der Waals surface area contributed by atoms with Crippen LogP contribution in [0.3, 0.4) is 0 Å². The summed E-state index contributed by atoms with van der Waals surface area (Å²) < 4.78 is 0. The van der Waals surface area contributed by atoms with Gasteiger partial charge in [0.1, 0.15) is 6.54 Å². The van der Waals surface area contributed by atoms with Crippen LogP contribution < -0.4 is 16.4 Å². The molecule has 1 aromatic rings. The first-order valence-electron chi connectivity index (χ1n) is 6.10. The maximum absolute atomic E-state index is 11.6. The van der Waals surface area contributed by atoms with Crippen LogP contribution in [0.2, 0.25) is 0 Å². The van der Waals surface area contributed by atoms with Gasteiger partial charge in [-0.3, -0.25) is 14.4 Å². The number of amides is 2. The summed E-state index contributed by atoms with van der Waals surface area (Å²) in [6, 6.07) is 5.51. The van der Waals surface area contributed by atoms with Gasteiger partial charge in [0.25, 0.3) is 5.91 Å². The van der Waals surface area contributed by atoms with Crippen LogP contribution in [0.4, 0.5) is 5.69 Å². The van der Waals surface area contributed by atoms with Crippen LogP contribution in [0.25, 0.3) is 0 Å². The van der Waals surface area contributed by atoms with Crippen molar-refractivity contribution in [2.24, 2.45) is 5.73 Å². The van der Waals surface area contributed by atoms with Gasteiger partial charge in [0.2, 0.25) is 5.91 Å². The van der Waals surface area contributed by atoms with Gasteiger partial charge in [0, 0.05) is 11.3 Å². The lowest BCUT2D eigenvalue weighted by molar-refractivity contribution is -0.135. The first kappa shape index (κ1) is 15.6. The van der Waals surface area contributed by atoms with E-state index < -0.39 is 24.5 Å². The third-order valence-corrected chi connectivity index (χ3v) is 2.59. The Balaban J connectivity index is 2.62. The van der Waals surface area contributed by atoms with Crippen LogP contribution in [0, 0.1) is 0 Å². The van der Waals surface area contributed by atoms with Gasteiger partial charge < -0.3 is 21.5 Å². The molecule has 0 aliphatic carbocycles. The van der Waals surface area contributed by atoms with Crippen molar-refractivity contribution >= 4 is 23.5 Å². The van der Waals surface area contributed by atoms with Gasteiger partial charge in [-0.25, -0.2) is 0 Å². The summed E-state index contributed by atoms with van der Waals surface area (Å²) in [4.78, 5) is 33.4. The van der Waals surface area contributed by atoms with Gasteiger partial charge in [-0.1, -0.05) is 6.92 Å². The number of hydrogen-bond acceptors (Lipinski definition) is 4. The second-order valence-corrected chi connectivity index (χ2v) is 4.16. The van der Waals surface area contributed by atoms with Crippen LogP contribution in [-0.2, 0) is 9.59 Å². The first-order valence-corrected chi connectivity index (χ1v) is 6.10. The smallest absolute Gasteiger partial charge is 0.322 e. The molecule has 0 unspecified atom stereocenters. The molecule has 0 saturated carbocycles. The molecular formula is C13H17N3O4. The lowest BCUT2D eigenvalue weighted by Gasteiger charge is -2.10. The molecule has 1 atom stereocenters. The van der Waals surface area contributed by atoms with E-state index in [4.69, 9.17) is 10.8 Å². The number of aliphatic carboxylic acids is 1. The molecule has 0 aromatic heterocycles. The number of hydrogen-bond donors (Lipinski definition) is 4. The number of carbonyl (C=O) groups is 3. The summed E-state index contributed by atoms with van der Waals surface area (Å²) in [5, 5.41) is 13.3. The number of rotatable bonds is 6. The molecule has 0 bridgehead atoms. The summed E-state index contributed by atoms with van der Waals surface area (Å²) in [5.74, 6) is -1.90. The van der Waals surface area contributed by atoms with Crippen molar-refractivity contribution < 1.29 is 19.5 Å². The molecule has 7 nitrogen and oxygen atoms in total. The largest absolute Gasteiger partial charge is 0.480 e. The monoisotopic (exact) mass is 279 g/mol. The zero-order valence-electron chi connectivity index (χ0n) is 11.1. The standard InChI is InChI=1S/C13H17N3O4/c1-2-10(14)13(20)16-9-5-3-8(4-6-9)12(19)15-7-11(17)18/h3-6,10H,2,7,14H2,1H3,(H,15,19)(H,16,20)(H,17,18)/t10-/m1/s1. The Bertz CT molecular complexity index is 499. The Morgan fingerprint density at radius 1 is 1.25 bits per heavy atom. The maximum atomic E-state index is 11.6. The average molecular weight is 279 g/mol. The molecule has 2 amide bonds. The minimum absolute atomic E-state index is 0.296. The number of carboxylic acids is 1. The Labute approximate surface area is 116 Å². The van der Waals surface area contributed by atoms with Crippen molar-refractivity contribution in [2.75, 3.05) is 11.9 Å². The Morgan fingerprint density at radius 3 is 2.35 bits per heavy atom. The molecule has 5 N–H and O–H groups in total. The minimum Gasteiger partial charge on any atom is -0.480 e. The van der Waals surface area contributed by atoms with Gasteiger partial charge in [-0.15, -0.1) is 0 Å². The van der Waals surface area contributed by atoms with Crippen LogP contribution in [-0.4, -0.2) is 35.5 Å². The summed E-state index contributed by atoms with van der Waals surface area (Å²) in [5.41, 5.74) is 6.41. The molecule has 0 saturated heterocycles. The molecule has 0 radical (unpaired) electrons. The highest BCUT2D eigenvalue weighted by molar-refractivity contribution is 5.97. The van der Waals surface area contributed by atoms with E-state index in [0.29, 0.717) is 17.7 Å². The molecule has 7 heteroatoms. The summed E-state index contributed by atoms with van der Waals surface area (Å²) >= 11 is 0. The number of carboxylic acid groups (broad SMARTS) is 1. The van der Waals surface area contributed by atoms with Gasteiger partial charge >= 0.3 is 5.97 Å². The SMILES string of the molecule is CC[C@@H](N)C(=O)Nc1ccc(C(=O)NCC(=O)O)cc1. The molecule has 0 fully saturated rings. The second kappa shape index (κ2) is 7.25. The van der Waals surface area contributed by atoms with E-state index in [1.54, 1.807) is 19.1 Å². The van der Waals surface area contributed by atoms with E-state index in [9.17, 15) is 14.4 Å². The lowest BCUT2D eigenvalue weighted by Crippen LogP contribution is -2.34. The van der Waals surface area contributed by atoms with Crippen molar-refractivity contribution in [3.05, 3.63) is 29.8 Å². The van der Waals surface area contributed by atoms with Gasteiger partial charge in [-0.05, 0) is 30.7 Å². The van der Waals surface area contributed by atoms with Crippen molar-refractivity contribution in [3.8, 4) is 0 Å². The van der Waals surface area contributed by atoms with E-state index in [1.165, 1.54) is 12.1 Å². The van der Waals surface area contributed by atoms with Gasteiger partial charge in [0.15, 0.2) is 0 Å². The predicted molar refractivity (Wildman–Crippen MR) is 73.3 cm³/mol. The lowest BCUT2D eigenvalue weighted by atomic mass is 10.1. The van der Waals surface area contributed by atoms with E-state index >= 15 is 0 Å². The quantitative estimate of drug-likeness (QED) is 0.591. The molecule has 1 aromatic carbocycles. The van der Waals surface area contributed by atoms with E-state index in [1.807, 2.05) is 0 Å². The Morgan fingerprint density at radius 2 is 1.85 bits per heavy atom. The zero-order chi connectivity index (χ0) is 15.1. The third kappa shape index (κ3) is 4.69. The molecule has 0 aliphatic heterocycles. The molecule has 108 valence electrons. The fourth-order valence-corrected chi connectivity index (χ4v) is 1.38. The topological polar surface area (TPSA) is 122 Å². The molecule has 20 heavy (non-hydrogen) atoms. The zero-order valence-corrected chi connectivity index (χ0v) is 11.1. The van der Waals surface area contributed by atoms with Crippen LogP contribution in [0.15, 0.2) is 24.3 Å². The van der Waals surface area contributed by atoms with Crippen molar-refractivity contribution in [3.63, 3.8) is 0 Å². The number of nitrogens with one attached hydrogen (secondary N) is 2. The van der Waals surface area contributed by atoms with Gasteiger partial charge in [-0.2, -0.15) is 0 Å². The van der Waals surface area contributed by atoms with Gasteiger partial charge in [0.05, 0.1) is 6.04 Å². The fraction of sp³-hybridized carbons (Fsp3) is 0.308. The fourth-order valence-electron chi connectivity index (χ4n) is 1.38. The third-order valence-electron chi connectivity index (χ3n) is 2.59. The first-order chi connectivity index (χ1) is 9.43. The highest BCUT2D eigenvalue weighted by atomic mass is 16.4. The highest BCUT2D eigenvalue weighted by Crippen LogP contribution is 2.10. The number of anilines is 1. The maximum Gasteiger partial charge on any atom is 0.322 e. The Hall–Kier alpha value is -2.41. The van der Waals surface area contributed by atoms with Crippen molar-refractivity contribution in [1.82, 2.24) is 5.32 Å². The molecule has 0 aliphatic rings. The highest BCUT2D eigenvalue weighted by Gasteiger charge is 2.11. The van der Waals surface area contributed by atoms with E-state index in [0.717, 1.165) is 0 Å². The molecule has 1 rings (SSSR count). The number of benzene rings is 1. The summed E-state index contributed by atoms with van der Waals surface area (Å²) in [7, 11) is 0. The van der Waals surface area contributed by atoms with Crippen LogP contribution >= 0.6 is 0 Å². The summed E-state index contributed by atoms with van der Waals surface area (Å²) in [6.45, 7) is 1.36. The molecular weight excluding hydrogens is 262 g/mol. The average Bonchev–Trinajstić information content (AvgIpc) is 2.44. The second-order valence-electron chi connectivity index (χ2n) is 4.16. The summed E-state index contributed by atoms with van der Waals surface area (Å²) in [6.07, 6.45) is 0.529. The van der Waals surface area contributed by atoms with Crippen molar-refractivity contribution in [1.29, 1.82) is 0 Å². The molecule has 0 heterocycles. The van der Waals surface area contributed by atoms with E-state index in [-0.39, 0.29) is 5.91 Å². The van der Waals surface area contributed by atoms with E-state index in [2.05, 4.69) is 10.6 Å². The van der Waals surface area contributed by atoms with Crippen LogP contribution in [0.5, 0.6) is 0 Å². The van der Waals surface area contributed by atoms with Crippen molar-refractivity contribution in [2.45, 2.75) is 19.4 Å². The molecule has 0 spiro atoms.